The van der Waals surface area contributed by atoms with E-state index in [1.165, 1.54) is 6.42 Å². The molecule has 0 fully saturated rings. The Morgan fingerprint density at radius 2 is 1.65 bits per heavy atom. The minimum atomic E-state index is -0.433. The van der Waals surface area contributed by atoms with Crippen molar-refractivity contribution in [2.45, 2.75) is 59.4 Å². The SMILES string of the molecule is C=C/C=C(\C=C)CCC(=O)NCC(Cc1ccc(C(N)=O)cc1)N(C)C.CC.CCC. The largest absolute Gasteiger partial charge is 0.366 e. The van der Waals surface area contributed by atoms with Crippen LogP contribution >= 0.6 is 0 Å². The average Bonchev–Trinajstić information content (AvgIpc) is 2.76. The molecule has 174 valence electrons. The Balaban J connectivity index is 0. The van der Waals surface area contributed by atoms with Crippen molar-refractivity contribution in [3.05, 3.63) is 72.4 Å². The van der Waals surface area contributed by atoms with E-state index in [4.69, 9.17) is 5.73 Å². The topological polar surface area (TPSA) is 75.4 Å². The summed E-state index contributed by atoms with van der Waals surface area (Å²) < 4.78 is 0. The zero-order chi connectivity index (χ0) is 24.2. The summed E-state index contributed by atoms with van der Waals surface area (Å²) in [7, 11) is 3.97. The maximum Gasteiger partial charge on any atom is 0.248 e. The fourth-order valence-corrected chi connectivity index (χ4v) is 2.50. The first kappa shape index (κ1) is 30.5. The Bertz CT molecular complexity index is 676. The quantitative estimate of drug-likeness (QED) is 0.492. The molecule has 0 saturated heterocycles. The van der Waals surface area contributed by atoms with Gasteiger partial charge in [0.2, 0.25) is 11.8 Å². The first-order valence-electron chi connectivity index (χ1n) is 11.0. The van der Waals surface area contributed by atoms with Crippen molar-refractivity contribution in [1.29, 1.82) is 0 Å². The Hall–Kier alpha value is -2.66. The van der Waals surface area contributed by atoms with Gasteiger partial charge >= 0.3 is 0 Å². The van der Waals surface area contributed by atoms with E-state index in [2.05, 4.69) is 37.2 Å². The van der Waals surface area contributed by atoms with Gasteiger partial charge in [-0.15, -0.1) is 0 Å². The lowest BCUT2D eigenvalue weighted by Gasteiger charge is -2.25. The van der Waals surface area contributed by atoms with Crippen LogP contribution in [0.15, 0.2) is 61.2 Å². The molecule has 1 rings (SSSR count). The number of likely N-dealkylation sites (N-methyl/N-ethyl adjacent to an activating group) is 1. The van der Waals surface area contributed by atoms with Crippen molar-refractivity contribution >= 4 is 11.8 Å². The van der Waals surface area contributed by atoms with E-state index in [9.17, 15) is 9.59 Å². The zero-order valence-electron chi connectivity index (χ0n) is 20.4. The van der Waals surface area contributed by atoms with Crippen molar-refractivity contribution < 1.29 is 9.59 Å². The van der Waals surface area contributed by atoms with Crippen molar-refractivity contribution in [3.63, 3.8) is 0 Å². The number of carbonyl (C=O) groups is 2. The first-order chi connectivity index (χ1) is 14.8. The maximum absolute atomic E-state index is 12.1. The van der Waals surface area contributed by atoms with Gasteiger partial charge in [-0.2, -0.15) is 0 Å². The highest BCUT2D eigenvalue weighted by Crippen LogP contribution is 2.10. The minimum Gasteiger partial charge on any atom is -0.366 e. The molecule has 5 heteroatoms. The summed E-state index contributed by atoms with van der Waals surface area (Å²) in [5.74, 6) is -0.421. The molecule has 1 atom stereocenters. The molecule has 5 nitrogen and oxygen atoms in total. The molecule has 3 N–H and O–H groups in total. The molecule has 0 heterocycles. The van der Waals surface area contributed by atoms with Crippen LogP contribution in [0.4, 0.5) is 0 Å². The lowest BCUT2D eigenvalue weighted by molar-refractivity contribution is -0.121. The van der Waals surface area contributed by atoms with Crippen molar-refractivity contribution in [2.75, 3.05) is 20.6 Å². The molecule has 0 aliphatic carbocycles. The van der Waals surface area contributed by atoms with Gasteiger partial charge in [-0.25, -0.2) is 0 Å². The van der Waals surface area contributed by atoms with Crippen LogP contribution in [-0.4, -0.2) is 43.4 Å². The van der Waals surface area contributed by atoms with Gasteiger partial charge in [0, 0.05) is 24.6 Å². The van der Waals surface area contributed by atoms with Gasteiger partial charge in [-0.05, 0) is 50.2 Å². The zero-order valence-corrected chi connectivity index (χ0v) is 20.4. The van der Waals surface area contributed by atoms with Gasteiger partial charge in [0.25, 0.3) is 0 Å². The fraction of sp³-hybridized carbons (Fsp3) is 0.462. The molecule has 0 radical (unpaired) electrons. The van der Waals surface area contributed by atoms with Crippen LogP contribution in [0, 0.1) is 0 Å². The first-order valence-corrected chi connectivity index (χ1v) is 11.0. The van der Waals surface area contributed by atoms with E-state index in [0.29, 0.717) is 24.9 Å². The van der Waals surface area contributed by atoms with Gasteiger partial charge in [0.1, 0.15) is 0 Å². The van der Waals surface area contributed by atoms with Crippen LogP contribution in [-0.2, 0) is 11.2 Å². The number of nitrogens with zero attached hydrogens (tertiary/aromatic N) is 1. The van der Waals surface area contributed by atoms with Crippen LogP contribution in [0.3, 0.4) is 0 Å². The third-order valence-corrected chi connectivity index (χ3v) is 4.21. The van der Waals surface area contributed by atoms with Gasteiger partial charge in [0.15, 0.2) is 0 Å². The summed E-state index contributed by atoms with van der Waals surface area (Å²) in [6, 6.07) is 7.40. The van der Waals surface area contributed by atoms with E-state index in [0.717, 1.165) is 17.6 Å². The summed E-state index contributed by atoms with van der Waals surface area (Å²) in [5, 5.41) is 2.99. The highest BCUT2D eigenvalue weighted by atomic mass is 16.1. The van der Waals surface area contributed by atoms with Crippen LogP contribution in [0.2, 0.25) is 0 Å². The van der Waals surface area contributed by atoms with E-state index in [1.54, 1.807) is 24.3 Å². The number of hydrogen-bond donors (Lipinski definition) is 2. The number of rotatable bonds is 11. The second-order valence-electron chi connectivity index (χ2n) is 7.08. The molecule has 0 aliphatic rings. The second-order valence-corrected chi connectivity index (χ2v) is 7.08. The predicted molar refractivity (Wildman–Crippen MR) is 134 cm³/mol. The van der Waals surface area contributed by atoms with Crippen LogP contribution in [0.5, 0.6) is 0 Å². The van der Waals surface area contributed by atoms with Gasteiger partial charge < -0.3 is 16.0 Å². The molecule has 31 heavy (non-hydrogen) atoms. The smallest absolute Gasteiger partial charge is 0.248 e. The van der Waals surface area contributed by atoms with Crippen molar-refractivity contribution in [1.82, 2.24) is 10.2 Å². The van der Waals surface area contributed by atoms with Crippen LogP contribution in [0.1, 0.15) is 62.9 Å². The molecular formula is C26H43N3O2. The number of nitrogens with two attached hydrogens (primary N) is 1. The fourth-order valence-electron chi connectivity index (χ4n) is 2.50. The average molecular weight is 430 g/mol. The molecule has 1 aromatic rings. The number of benzene rings is 1. The number of hydrogen-bond acceptors (Lipinski definition) is 3. The standard InChI is InChI=1S/C21H29N3O2.C3H8.C2H6/c1-5-7-16(6-2)10-13-20(25)23-15-19(24(3)4)14-17-8-11-18(12-9-17)21(22)26;1-3-2;1-2/h5-9,11-12,19H,1-2,10,13-15H2,3-4H3,(H2,22,26)(H,23,25);3H2,1-2H3;1-2H3/b16-7+;;. The van der Waals surface area contributed by atoms with Crippen molar-refractivity contribution in [2.24, 2.45) is 5.73 Å². The lowest BCUT2D eigenvalue weighted by Crippen LogP contribution is -2.41. The van der Waals surface area contributed by atoms with E-state index < -0.39 is 5.91 Å². The van der Waals surface area contributed by atoms with E-state index in [-0.39, 0.29) is 11.9 Å². The number of allylic oxidation sites excluding steroid dienone is 4. The lowest BCUT2D eigenvalue weighted by atomic mass is 10.0. The highest BCUT2D eigenvalue weighted by Gasteiger charge is 2.14. The third kappa shape index (κ3) is 14.9. The monoisotopic (exact) mass is 429 g/mol. The van der Waals surface area contributed by atoms with Crippen LogP contribution in [0.25, 0.3) is 0 Å². The summed E-state index contributed by atoms with van der Waals surface area (Å²) >= 11 is 0. The van der Waals surface area contributed by atoms with E-state index >= 15 is 0 Å². The van der Waals surface area contributed by atoms with Gasteiger partial charge in [0.05, 0.1) is 0 Å². The summed E-state index contributed by atoms with van der Waals surface area (Å²) in [6.45, 7) is 16.2. The van der Waals surface area contributed by atoms with Gasteiger partial charge in [-0.3, -0.25) is 9.59 Å². The predicted octanol–water partition coefficient (Wildman–Crippen LogP) is 4.90. The normalized spacial score (nSPS) is 11.3. The molecule has 0 spiro atoms. The molecule has 0 saturated carbocycles. The summed E-state index contributed by atoms with van der Waals surface area (Å²) in [5.41, 5.74) is 7.84. The van der Waals surface area contributed by atoms with Crippen molar-refractivity contribution in [3.8, 4) is 0 Å². The van der Waals surface area contributed by atoms with E-state index in [1.807, 2.05) is 46.2 Å². The highest BCUT2D eigenvalue weighted by molar-refractivity contribution is 5.92. The Morgan fingerprint density at radius 3 is 2.06 bits per heavy atom. The minimum absolute atomic E-state index is 0.0118. The molecule has 1 aromatic carbocycles. The Labute approximate surface area is 190 Å². The molecule has 2 amide bonds. The maximum atomic E-state index is 12.1. The number of nitrogens with one attached hydrogen (secondary N) is 1. The van der Waals surface area contributed by atoms with Gasteiger partial charge in [-0.1, -0.05) is 77.6 Å². The number of primary amides is 1. The van der Waals surface area contributed by atoms with Crippen LogP contribution < -0.4 is 11.1 Å². The summed E-state index contributed by atoms with van der Waals surface area (Å²) in [4.78, 5) is 25.3. The summed E-state index contributed by atoms with van der Waals surface area (Å²) in [6.07, 6.45) is 8.37. The molecule has 0 bridgehead atoms. The number of amides is 2. The molecular weight excluding hydrogens is 386 g/mol. The molecule has 0 aliphatic heterocycles. The second kappa shape index (κ2) is 19.3. The number of carbonyl (C=O) groups excluding carboxylic acids is 2. The third-order valence-electron chi connectivity index (χ3n) is 4.21. The molecule has 0 aromatic heterocycles. The Morgan fingerprint density at radius 1 is 1.10 bits per heavy atom. The Kier molecular flexibility index (Phi) is 19.0. The molecule has 1 unspecified atom stereocenters.